The molecule has 4 heteroatoms. The molecule has 0 unspecified atom stereocenters. The molecule has 0 saturated heterocycles. The molecule has 0 fully saturated rings. The second-order valence-electron chi connectivity index (χ2n) is 2.93. The summed E-state index contributed by atoms with van der Waals surface area (Å²) in [7, 11) is 1.65. The molecule has 0 aliphatic rings. The Hall–Kier alpha value is -1.71. The molecule has 70 valence electrons. The average Bonchev–Trinajstić information content (AvgIpc) is 2.13. The largest absolute Gasteiger partial charge is 0.398 e. The van der Waals surface area contributed by atoms with Gasteiger partial charge in [0.2, 0.25) is 6.41 Å². The average molecular weight is 179 g/mol. The summed E-state index contributed by atoms with van der Waals surface area (Å²) >= 11 is 0. The van der Waals surface area contributed by atoms with Crippen LogP contribution in [0.2, 0.25) is 0 Å². The van der Waals surface area contributed by atoms with Crippen molar-refractivity contribution in [1.82, 2.24) is 0 Å². The molecule has 1 aromatic carbocycles. The number of hydrogen-bond acceptors (Lipinski definition) is 3. The molecular weight excluding hydrogens is 166 g/mol. The summed E-state index contributed by atoms with van der Waals surface area (Å²) in [6, 6.07) is 3.47. The third-order valence-electron chi connectivity index (χ3n) is 2.07. The predicted octanol–water partition coefficient (Wildman–Crippen LogP) is 0.752. The maximum absolute atomic E-state index is 10.5. The van der Waals surface area contributed by atoms with E-state index < -0.39 is 0 Å². The first kappa shape index (κ1) is 9.38. The summed E-state index contributed by atoms with van der Waals surface area (Å²) in [5, 5.41) is 0. The van der Waals surface area contributed by atoms with Crippen LogP contribution in [0.1, 0.15) is 5.56 Å². The fraction of sp³-hybridized carbons (Fsp3) is 0.222. The smallest absolute Gasteiger partial charge is 0.213 e. The van der Waals surface area contributed by atoms with Gasteiger partial charge in [-0.3, -0.25) is 4.79 Å². The van der Waals surface area contributed by atoms with E-state index in [1.54, 1.807) is 19.2 Å². The number of amides is 1. The molecule has 0 aliphatic carbocycles. The maximum atomic E-state index is 10.5. The van der Waals surface area contributed by atoms with Crippen LogP contribution >= 0.6 is 0 Å². The molecule has 0 saturated carbocycles. The van der Waals surface area contributed by atoms with Crippen molar-refractivity contribution in [3.8, 4) is 0 Å². The quantitative estimate of drug-likeness (QED) is 0.520. The van der Waals surface area contributed by atoms with Crippen LogP contribution in [0.25, 0.3) is 0 Å². The van der Waals surface area contributed by atoms with E-state index in [0.29, 0.717) is 23.5 Å². The van der Waals surface area contributed by atoms with E-state index in [0.717, 1.165) is 5.56 Å². The van der Waals surface area contributed by atoms with Gasteiger partial charge < -0.3 is 16.4 Å². The number of hydrogen-bond donors (Lipinski definition) is 2. The fourth-order valence-corrected chi connectivity index (χ4v) is 1.10. The van der Waals surface area contributed by atoms with Crippen LogP contribution in [0, 0.1) is 6.92 Å². The van der Waals surface area contributed by atoms with Crippen molar-refractivity contribution in [2.24, 2.45) is 0 Å². The monoisotopic (exact) mass is 179 g/mol. The molecule has 1 rings (SSSR count). The number of carbonyl (C=O) groups excluding carboxylic acids is 1. The minimum atomic E-state index is 0.551. The first-order chi connectivity index (χ1) is 6.07. The third-order valence-corrected chi connectivity index (χ3v) is 2.07. The van der Waals surface area contributed by atoms with Gasteiger partial charge in [-0.15, -0.1) is 0 Å². The van der Waals surface area contributed by atoms with Gasteiger partial charge in [0.1, 0.15) is 0 Å². The molecule has 0 spiro atoms. The Morgan fingerprint density at radius 2 is 2.00 bits per heavy atom. The van der Waals surface area contributed by atoms with Crippen molar-refractivity contribution in [1.29, 1.82) is 0 Å². The van der Waals surface area contributed by atoms with Crippen molar-refractivity contribution in [3.05, 3.63) is 17.7 Å². The van der Waals surface area contributed by atoms with Crippen LogP contribution in [0.5, 0.6) is 0 Å². The van der Waals surface area contributed by atoms with Crippen molar-refractivity contribution in [3.63, 3.8) is 0 Å². The molecule has 4 nitrogen and oxygen atoms in total. The SMILES string of the molecule is Cc1c(N)ccc(N(C)C=O)c1N. The fourth-order valence-electron chi connectivity index (χ4n) is 1.10. The van der Waals surface area contributed by atoms with Crippen molar-refractivity contribution in [2.45, 2.75) is 6.92 Å². The number of nitrogen functional groups attached to an aromatic ring is 2. The standard InChI is InChI=1S/C9H13N3O/c1-6-7(10)3-4-8(9(6)11)12(2)5-13/h3-5H,10-11H2,1-2H3. The van der Waals surface area contributed by atoms with Gasteiger partial charge in [0.05, 0.1) is 11.4 Å². The molecule has 0 heterocycles. The lowest BCUT2D eigenvalue weighted by Crippen LogP contribution is -2.16. The first-order valence-electron chi connectivity index (χ1n) is 3.90. The van der Waals surface area contributed by atoms with Crippen LogP contribution in [0.15, 0.2) is 12.1 Å². The summed E-state index contributed by atoms with van der Waals surface area (Å²) in [5.74, 6) is 0. The summed E-state index contributed by atoms with van der Waals surface area (Å²) in [6.07, 6.45) is 0.710. The highest BCUT2D eigenvalue weighted by Crippen LogP contribution is 2.28. The summed E-state index contributed by atoms with van der Waals surface area (Å²) < 4.78 is 0. The summed E-state index contributed by atoms with van der Waals surface area (Å²) in [5.41, 5.74) is 14.1. The number of nitrogens with two attached hydrogens (primary N) is 2. The summed E-state index contributed by atoms with van der Waals surface area (Å²) in [6.45, 7) is 1.83. The van der Waals surface area contributed by atoms with Crippen molar-refractivity contribution >= 4 is 23.5 Å². The number of rotatable bonds is 2. The maximum Gasteiger partial charge on any atom is 0.213 e. The zero-order chi connectivity index (χ0) is 10.0. The minimum absolute atomic E-state index is 0.551. The van der Waals surface area contributed by atoms with Gasteiger partial charge >= 0.3 is 0 Å². The van der Waals surface area contributed by atoms with Gasteiger partial charge in [-0.05, 0) is 24.6 Å². The van der Waals surface area contributed by atoms with Crippen LogP contribution < -0.4 is 16.4 Å². The van der Waals surface area contributed by atoms with Crippen LogP contribution in [-0.2, 0) is 4.79 Å². The van der Waals surface area contributed by atoms with Gasteiger partial charge in [-0.25, -0.2) is 0 Å². The third kappa shape index (κ3) is 1.56. The lowest BCUT2D eigenvalue weighted by Gasteiger charge is -2.16. The number of benzene rings is 1. The highest BCUT2D eigenvalue weighted by molar-refractivity contribution is 5.85. The second-order valence-corrected chi connectivity index (χ2v) is 2.93. The van der Waals surface area contributed by atoms with Gasteiger partial charge in [0.15, 0.2) is 0 Å². The van der Waals surface area contributed by atoms with E-state index in [1.165, 1.54) is 4.90 Å². The van der Waals surface area contributed by atoms with Crippen molar-refractivity contribution < 1.29 is 4.79 Å². The highest BCUT2D eigenvalue weighted by Gasteiger charge is 2.07. The number of anilines is 3. The number of carbonyl (C=O) groups is 1. The molecule has 0 aliphatic heterocycles. The Labute approximate surface area is 77.1 Å². The molecule has 1 aromatic rings. The first-order valence-corrected chi connectivity index (χ1v) is 3.90. The van der Waals surface area contributed by atoms with E-state index in [-0.39, 0.29) is 0 Å². The molecule has 0 radical (unpaired) electrons. The van der Waals surface area contributed by atoms with E-state index in [1.807, 2.05) is 6.92 Å². The zero-order valence-electron chi connectivity index (χ0n) is 7.74. The topological polar surface area (TPSA) is 72.3 Å². The Morgan fingerprint density at radius 3 is 2.54 bits per heavy atom. The van der Waals surface area contributed by atoms with Gasteiger partial charge in [-0.2, -0.15) is 0 Å². The lowest BCUT2D eigenvalue weighted by molar-refractivity contribution is -0.107. The van der Waals surface area contributed by atoms with Gasteiger partial charge in [0, 0.05) is 12.7 Å². The van der Waals surface area contributed by atoms with Gasteiger partial charge in [-0.1, -0.05) is 0 Å². The molecule has 0 aromatic heterocycles. The van der Waals surface area contributed by atoms with E-state index in [4.69, 9.17) is 11.5 Å². The minimum Gasteiger partial charge on any atom is -0.398 e. The van der Waals surface area contributed by atoms with Gasteiger partial charge in [0.25, 0.3) is 0 Å². The Balaban J connectivity index is 3.25. The molecule has 13 heavy (non-hydrogen) atoms. The lowest BCUT2D eigenvalue weighted by atomic mass is 10.1. The van der Waals surface area contributed by atoms with Crippen LogP contribution in [-0.4, -0.2) is 13.5 Å². The zero-order valence-corrected chi connectivity index (χ0v) is 7.74. The van der Waals surface area contributed by atoms with Crippen LogP contribution in [0.4, 0.5) is 17.1 Å². The Kier molecular flexibility index (Phi) is 2.41. The molecule has 0 bridgehead atoms. The Bertz CT molecular complexity index is 336. The number of nitrogens with zero attached hydrogens (tertiary/aromatic N) is 1. The van der Waals surface area contributed by atoms with Crippen molar-refractivity contribution in [2.75, 3.05) is 23.4 Å². The molecule has 1 amide bonds. The van der Waals surface area contributed by atoms with E-state index in [2.05, 4.69) is 0 Å². The summed E-state index contributed by atoms with van der Waals surface area (Å²) in [4.78, 5) is 11.9. The van der Waals surface area contributed by atoms with Crippen LogP contribution in [0.3, 0.4) is 0 Å². The van der Waals surface area contributed by atoms with E-state index >= 15 is 0 Å². The second kappa shape index (κ2) is 3.35. The van der Waals surface area contributed by atoms with E-state index in [9.17, 15) is 4.79 Å². The predicted molar refractivity (Wildman–Crippen MR) is 54.5 cm³/mol. The molecule has 0 atom stereocenters. The molecular formula is C9H13N3O. The highest BCUT2D eigenvalue weighted by atomic mass is 16.1. The normalized spacial score (nSPS) is 9.69. The molecule has 4 N–H and O–H groups in total. The Morgan fingerprint density at radius 1 is 1.38 bits per heavy atom.